The van der Waals surface area contributed by atoms with Gasteiger partial charge in [0.15, 0.2) is 0 Å². The second-order valence-corrected chi connectivity index (χ2v) is 8.81. The summed E-state index contributed by atoms with van der Waals surface area (Å²) in [5, 5.41) is 13.6. The molecule has 11 heteroatoms. The van der Waals surface area contributed by atoms with Crippen LogP contribution < -0.4 is 5.32 Å². The molecule has 0 unspecified atom stereocenters. The molecule has 0 aliphatic carbocycles. The Bertz CT molecular complexity index is 1010. The number of sulfonamides is 1. The van der Waals surface area contributed by atoms with Gasteiger partial charge in [-0.15, -0.1) is 0 Å². The zero-order chi connectivity index (χ0) is 21.0. The fourth-order valence-corrected chi connectivity index (χ4v) is 4.59. The first-order valence-electron chi connectivity index (χ1n) is 8.79. The van der Waals surface area contributed by atoms with Gasteiger partial charge in [0.1, 0.15) is 0 Å². The van der Waals surface area contributed by atoms with Gasteiger partial charge >= 0.3 is 0 Å². The van der Waals surface area contributed by atoms with Crippen LogP contribution in [0.3, 0.4) is 0 Å². The van der Waals surface area contributed by atoms with Gasteiger partial charge in [0.05, 0.1) is 27.1 Å². The van der Waals surface area contributed by atoms with Crippen LogP contribution >= 0.6 is 11.6 Å². The van der Waals surface area contributed by atoms with Gasteiger partial charge in [0.25, 0.3) is 5.69 Å². The fraction of sp³-hybridized carbons (Fsp3) is 0.278. The molecular weight excluding hydrogens is 420 g/mol. The second kappa shape index (κ2) is 8.87. The van der Waals surface area contributed by atoms with E-state index in [4.69, 9.17) is 11.6 Å². The summed E-state index contributed by atoms with van der Waals surface area (Å²) < 4.78 is 26.7. The number of hydrogen-bond donors (Lipinski definition) is 1. The molecule has 1 amide bonds. The predicted octanol–water partition coefficient (Wildman–Crippen LogP) is 2.19. The summed E-state index contributed by atoms with van der Waals surface area (Å²) in [6.07, 6.45) is 0. The number of benzene rings is 2. The van der Waals surface area contributed by atoms with Crippen molar-refractivity contribution < 1.29 is 18.1 Å². The van der Waals surface area contributed by atoms with Crippen LogP contribution in [0.1, 0.15) is 0 Å². The van der Waals surface area contributed by atoms with Gasteiger partial charge in [0, 0.05) is 38.3 Å². The normalized spacial score (nSPS) is 15.8. The van der Waals surface area contributed by atoms with Crippen LogP contribution in [0, 0.1) is 10.1 Å². The number of nitrogens with zero attached hydrogens (tertiary/aromatic N) is 3. The van der Waals surface area contributed by atoms with E-state index in [0.717, 1.165) is 0 Å². The second-order valence-electron chi connectivity index (χ2n) is 6.46. The summed E-state index contributed by atoms with van der Waals surface area (Å²) in [4.78, 5) is 24.7. The van der Waals surface area contributed by atoms with E-state index in [2.05, 4.69) is 5.32 Å². The van der Waals surface area contributed by atoms with E-state index in [1.807, 2.05) is 4.90 Å². The minimum atomic E-state index is -3.56. The number of amides is 1. The minimum absolute atomic E-state index is 0.0260. The van der Waals surface area contributed by atoms with Crippen molar-refractivity contribution in [3.05, 3.63) is 63.7 Å². The van der Waals surface area contributed by atoms with Crippen molar-refractivity contribution in [3.63, 3.8) is 0 Å². The Morgan fingerprint density at radius 2 is 1.76 bits per heavy atom. The number of piperazine rings is 1. The molecule has 1 aliphatic heterocycles. The third-order valence-electron chi connectivity index (χ3n) is 4.51. The summed E-state index contributed by atoms with van der Waals surface area (Å²) in [5.41, 5.74) is -0.0133. The van der Waals surface area contributed by atoms with E-state index in [0.29, 0.717) is 13.1 Å². The van der Waals surface area contributed by atoms with Gasteiger partial charge in [-0.1, -0.05) is 29.8 Å². The molecule has 0 bridgehead atoms. The first kappa shape index (κ1) is 21.2. The van der Waals surface area contributed by atoms with E-state index < -0.39 is 14.9 Å². The molecule has 1 fully saturated rings. The highest BCUT2D eigenvalue weighted by molar-refractivity contribution is 7.89. The Morgan fingerprint density at radius 3 is 2.38 bits per heavy atom. The molecule has 154 valence electrons. The molecule has 0 spiro atoms. The van der Waals surface area contributed by atoms with Crippen molar-refractivity contribution in [1.82, 2.24) is 9.21 Å². The van der Waals surface area contributed by atoms with Crippen molar-refractivity contribution in [2.24, 2.45) is 0 Å². The van der Waals surface area contributed by atoms with Crippen molar-refractivity contribution in [2.75, 3.05) is 38.0 Å². The molecule has 1 heterocycles. The molecule has 0 radical (unpaired) electrons. The van der Waals surface area contributed by atoms with E-state index in [1.165, 1.54) is 22.5 Å². The van der Waals surface area contributed by atoms with Crippen LogP contribution in [0.2, 0.25) is 5.02 Å². The maximum absolute atomic E-state index is 12.6. The molecule has 3 rings (SSSR count). The summed E-state index contributed by atoms with van der Waals surface area (Å²) in [5.74, 6) is -0.383. The SMILES string of the molecule is O=C(CN1CCN(S(=O)(=O)c2ccccc2)CC1)Nc1cc([N+](=O)[O-])ccc1Cl. The first-order chi connectivity index (χ1) is 13.8. The quantitative estimate of drug-likeness (QED) is 0.546. The van der Waals surface area contributed by atoms with Crippen LogP contribution in [0.15, 0.2) is 53.4 Å². The van der Waals surface area contributed by atoms with E-state index >= 15 is 0 Å². The highest BCUT2D eigenvalue weighted by Crippen LogP contribution is 2.26. The molecule has 1 saturated heterocycles. The topological polar surface area (TPSA) is 113 Å². The number of anilines is 1. The molecular formula is C18H19ClN4O5S. The van der Waals surface area contributed by atoms with Gasteiger partial charge in [-0.05, 0) is 18.2 Å². The molecule has 2 aromatic carbocycles. The number of halogens is 1. The van der Waals surface area contributed by atoms with Gasteiger partial charge in [-0.2, -0.15) is 4.31 Å². The van der Waals surface area contributed by atoms with E-state index in [-0.39, 0.29) is 46.8 Å². The van der Waals surface area contributed by atoms with Gasteiger partial charge < -0.3 is 5.32 Å². The Labute approximate surface area is 173 Å². The average molecular weight is 439 g/mol. The number of nitrogens with one attached hydrogen (secondary N) is 1. The molecule has 2 aromatic rings. The van der Waals surface area contributed by atoms with Crippen LogP contribution in [-0.2, 0) is 14.8 Å². The number of rotatable bonds is 6. The molecule has 9 nitrogen and oxygen atoms in total. The maximum Gasteiger partial charge on any atom is 0.271 e. The lowest BCUT2D eigenvalue weighted by Crippen LogP contribution is -2.50. The van der Waals surface area contributed by atoms with E-state index in [9.17, 15) is 23.3 Å². The summed E-state index contributed by atoms with van der Waals surface area (Å²) >= 11 is 5.99. The average Bonchev–Trinajstić information content (AvgIpc) is 2.70. The van der Waals surface area contributed by atoms with Gasteiger partial charge in [0.2, 0.25) is 15.9 Å². The van der Waals surface area contributed by atoms with Crippen LogP contribution in [-0.4, -0.2) is 61.2 Å². The largest absolute Gasteiger partial charge is 0.323 e. The molecule has 1 N–H and O–H groups in total. The van der Waals surface area contributed by atoms with Gasteiger partial charge in [-0.25, -0.2) is 8.42 Å². The summed E-state index contributed by atoms with van der Waals surface area (Å²) in [6.45, 7) is 1.34. The van der Waals surface area contributed by atoms with Crippen LogP contribution in [0.25, 0.3) is 0 Å². The Hall–Kier alpha value is -2.53. The van der Waals surface area contributed by atoms with Crippen molar-refractivity contribution in [2.45, 2.75) is 4.90 Å². The maximum atomic E-state index is 12.6. The number of carbonyl (C=O) groups is 1. The number of nitro benzene ring substituents is 1. The third-order valence-corrected chi connectivity index (χ3v) is 6.76. The third kappa shape index (κ3) is 5.10. The number of nitro groups is 1. The zero-order valence-electron chi connectivity index (χ0n) is 15.3. The molecule has 29 heavy (non-hydrogen) atoms. The number of hydrogen-bond acceptors (Lipinski definition) is 6. The van der Waals surface area contributed by atoms with Crippen LogP contribution in [0.4, 0.5) is 11.4 Å². The first-order valence-corrected chi connectivity index (χ1v) is 10.6. The smallest absolute Gasteiger partial charge is 0.271 e. The number of carbonyl (C=O) groups excluding carboxylic acids is 1. The van der Waals surface area contributed by atoms with Crippen molar-refractivity contribution in [3.8, 4) is 0 Å². The fourth-order valence-electron chi connectivity index (χ4n) is 2.98. The zero-order valence-corrected chi connectivity index (χ0v) is 16.9. The number of non-ortho nitro benzene ring substituents is 1. The highest BCUT2D eigenvalue weighted by atomic mass is 35.5. The standard InChI is InChI=1S/C18H19ClN4O5S/c19-16-7-6-14(23(25)26)12-17(16)20-18(24)13-21-8-10-22(11-9-21)29(27,28)15-4-2-1-3-5-15/h1-7,12H,8-11,13H2,(H,20,24). The summed E-state index contributed by atoms with van der Waals surface area (Å²) in [6, 6.07) is 12.0. The predicted molar refractivity (Wildman–Crippen MR) is 108 cm³/mol. The minimum Gasteiger partial charge on any atom is -0.323 e. The van der Waals surface area contributed by atoms with Crippen LogP contribution in [0.5, 0.6) is 0 Å². The van der Waals surface area contributed by atoms with Crippen molar-refractivity contribution in [1.29, 1.82) is 0 Å². The van der Waals surface area contributed by atoms with Crippen molar-refractivity contribution >= 4 is 38.9 Å². The highest BCUT2D eigenvalue weighted by Gasteiger charge is 2.29. The van der Waals surface area contributed by atoms with Gasteiger partial charge in [-0.3, -0.25) is 19.8 Å². The molecule has 0 saturated carbocycles. The molecule has 0 atom stereocenters. The lowest BCUT2D eigenvalue weighted by Gasteiger charge is -2.33. The molecule has 0 aromatic heterocycles. The Morgan fingerprint density at radius 1 is 1.10 bits per heavy atom. The lowest BCUT2D eigenvalue weighted by atomic mass is 10.2. The molecule has 1 aliphatic rings. The lowest BCUT2D eigenvalue weighted by molar-refractivity contribution is -0.384. The Kier molecular flexibility index (Phi) is 6.48. The Balaban J connectivity index is 1.57. The monoisotopic (exact) mass is 438 g/mol. The summed E-state index contributed by atoms with van der Waals surface area (Å²) in [7, 11) is -3.56. The van der Waals surface area contributed by atoms with E-state index in [1.54, 1.807) is 30.3 Å².